The summed E-state index contributed by atoms with van der Waals surface area (Å²) in [5.41, 5.74) is -2.61. The number of alkyl halides is 3. The van der Waals surface area contributed by atoms with E-state index in [9.17, 15) is 23.1 Å². The topological polar surface area (TPSA) is 85.2 Å². The molecule has 0 heterocycles. The maximum atomic E-state index is 12.8. The molecule has 3 N–H and O–H groups in total. The monoisotopic (exact) mass is 313 g/mol. The number of benzene rings is 1. The summed E-state index contributed by atoms with van der Waals surface area (Å²) in [6.45, 7) is 0.0429. The van der Waals surface area contributed by atoms with Crippen LogP contribution in [0, 0.1) is 11.3 Å². The first-order valence-electron chi connectivity index (χ1n) is 6.62. The van der Waals surface area contributed by atoms with Gasteiger partial charge >= 0.3 is 12.2 Å². The quantitative estimate of drug-likeness (QED) is 0.802. The number of hydrogen-bond acceptors (Lipinski definition) is 3. The minimum Gasteiger partial charge on any atom is -0.388 e. The number of carbonyl (C=O) groups excluding carboxylic acids is 1. The number of rotatable bonds is 3. The third kappa shape index (κ3) is 3.68. The van der Waals surface area contributed by atoms with Crippen LogP contribution in [-0.4, -0.2) is 23.3 Å². The van der Waals surface area contributed by atoms with Crippen LogP contribution in [-0.2, 0) is 6.18 Å². The van der Waals surface area contributed by atoms with Crippen molar-refractivity contribution >= 4 is 11.7 Å². The summed E-state index contributed by atoms with van der Waals surface area (Å²) in [7, 11) is 0. The SMILES string of the molecule is N#Cc1ccc(NC(=O)NCC2(O)CCC2)cc1C(F)(F)F. The van der Waals surface area contributed by atoms with Crippen molar-refractivity contribution in [3.63, 3.8) is 0 Å². The minimum atomic E-state index is -4.68. The fraction of sp³-hybridized carbons (Fsp3) is 0.429. The zero-order valence-electron chi connectivity index (χ0n) is 11.5. The number of carbonyl (C=O) groups is 1. The molecule has 1 saturated carbocycles. The molecule has 1 aliphatic carbocycles. The average molecular weight is 313 g/mol. The van der Waals surface area contributed by atoms with Crippen LogP contribution in [0.1, 0.15) is 30.4 Å². The van der Waals surface area contributed by atoms with Gasteiger partial charge in [0.25, 0.3) is 0 Å². The molecule has 0 atom stereocenters. The first-order valence-corrected chi connectivity index (χ1v) is 6.62. The summed E-state index contributed by atoms with van der Waals surface area (Å²) in [6.07, 6.45) is -2.63. The van der Waals surface area contributed by atoms with Crippen LogP contribution < -0.4 is 10.6 Å². The first kappa shape index (κ1) is 16.1. The standard InChI is InChI=1S/C14H14F3N3O2/c15-14(16,17)11-6-10(3-2-9(11)7-18)20-12(21)19-8-13(22)4-1-5-13/h2-3,6,22H,1,4-5,8H2,(H2,19,20,21). The maximum absolute atomic E-state index is 12.8. The highest BCUT2D eigenvalue weighted by molar-refractivity contribution is 5.89. The minimum absolute atomic E-state index is 0.0429. The van der Waals surface area contributed by atoms with Gasteiger partial charge in [0.2, 0.25) is 0 Å². The fourth-order valence-electron chi connectivity index (χ4n) is 2.14. The Morgan fingerprint density at radius 1 is 1.41 bits per heavy atom. The normalized spacial score (nSPS) is 16.3. The summed E-state index contributed by atoms with van der Waals surface area (Å²) in [6, 6.07) is 3.67. The fourth-order valence-corrected chi connectivity index (χ4v) is 2.14. The van der Waals surface area contributed by atoms with Crippen molar-refractivity contribution in [2.45, 2.75) is 31.0 Å². The molecule has 1 fully saturated rings. The number of urea groups is 1. The second kappa shape index (κ2) is 5.85. The average Bonchev–Trinajstić information content (AvgIpc) is 2.42. The van der Waals surface area contributed by atoms with Gasteiger partial charge in [0, 0.05) is 12.2 Å². The second-order valence-corrected chi connectivity index (χ2v) is 5.26. The van der Waals surface area contributed by atoms with Crippen molar-refractivity contribution in [2.24, 2.45) is 0 Å². The molecule has 118 valence electrons. The van der Waals surface area contributed by atoms with Gasteiger partial charge < -0.3 is 15.7 Å². The lowest BCUT2D eigenvalue weighted by Crippen LogP contribution is -2.48. The van der Waals surface area contributed by atoms with Crippen molar-refractivity contribution in [3.8, 4) is 6.07 Å². The molecule has 0 radical (unpaired) electrons. The lowest BCUT2D eigenvalue weighted by molar-refractivity contribution is -0.137. The van der Waals surface area contributed by atoms with Crippen molar-refractivity contribution in [1.29, 1.82) is 5.26 Å². The van der Waals surface area contributed by atoms with E-state index >= 15 is 0 Å². The van der Waals surface area contributed by atoms with E-state index in [4.69, 9.17) is 5.26 Å². The van der Waals surface area contributed by atoms with Gasteiger partial charge in [-0.05, 0) is 37.5 Å². The van der Waals surface area contributed by atoms with Gasteiger partial charge in [0.1, 0.15) is 0 Å². The predicted octanol–water partition coefficient (Wildman–Crippen LogP) is 2.61. The van der Waals surface area contributed by atoms with E-state index in [1.54, 1.807) is 0 Å². The summed E-state index contributed by atoms with van der Waals surface area (Å²) in [5.74, 6) is 0. The van der Waals surface area contributed by atoms with Crippen LogP contribution in [0.5, 0.6) is 0 Å². The van der Waals surface area contributed by atoms with Crippen LogP contribution in [0.4, 0.5) is 23.7 Å². The van der Waals surface area contributed by atoms with Crippen LogP contribution >= 0.6 is 0 Å². The largest absolute Gasteiger partial charge is 0.417 e. The Kier molecular flexibility index (Phi) is 4.28. The molecule has 1 aromatic carbocycles. The number of amides is 2. The zero-order chi connectivity index (χ0) is 16.4. The third-order valence-corrected chi connectivity index (χ3v) is 3.57. The summed E-state index contributed by atoms with van der Waals surface area (Å²) in [4.78, 5) is 11.6. The molecule has 0 spiro atoms. The molecule has 5 nitrogen and oxygen atoms in total. The van der Waals surface area contributed by atoms with E-state index in [0.717, 1.165) is 12.5 Å². The summed E-state index contributed by atoms with van der Waals surface area (Å²) in [5, 5.41) is 23.2. The molecule has 1 aliphatic rings. The molecule has 22 heavy (non-hydrogen) atoms. The molecule has 2 amide bonds. The molecule has 8 heteroatoms. The molecule has 0 unspecified atom stereocenters. The van der Waals surface area contributed by atoms with E-state index in [1.165, 1.54) is 12.1 Å². The lowest BCUT2D eigenvalue weighted by Gasteiger charge is -2.36. The zero-order valence-corrected chi connectivity index (χ0v) is 11.5. The number of nitriles is 1. The van der Waals surface area contributed by atoms with Crippen LogP contribution in [0.3, 0.4) is 0 Å². The molecule has 0 saturated heterocycles. The van der Waals surface area contributed by atoms with Gasteiger partial charge in [-0.3, -0.25) is 0 Å². The van der Waals surface area contributed by atoms with Crippen LogP contribution in [0.2, 0.25) is 0 Å². The third-order valence-electron chi connectivity index (χ3n) is 3.57. The number of nitrogens with zero attached hydrogens (tertiary/aromatic N) is 1. The van der Waals surface area contributed by atoms with Gasteiger partial charge in [-0.1, -0.05) is 0 Å². The van der Waals surface area contributed by atoms with Crippen molar-refractivity contribution in [1.82, 2.24) is 5.32 Å². The van der Waals surface area contributed by atoms with E-state index in [1.807, 2.05) is 0 Å². The Morgan fingerprint density at radius 3 is 2.59 bits per heavy atom. The van der Waals surface area contributed by atoms with E-state index in [0.29, 0.717) is 18.9 Å². The number of aliphatic hydroxyl groups is 1. The van der Waals surface area contributed by atoms with Crippen molar-refractivity contribution < 1.29 is 23.1 Å². The van der Waals surface area contributed by atoms with Gasteiger partial charge in [-0.25, -0.2) is 4.79 Å². The molecular formula is C14H14F3N3O2. The predicted molar refractivity (Wildman–Crippen MR) is 72.0 cm³/mol. The number of hydrogen-bond donors (Lipinski definition) is 3. The smallest absolute Gasteiger partial charge is 0.388 e. The highest BCUT2D eigenvalue weighted by atomic mass is 19.4. The molecular weight excluding hydrogens is 299 g/mol. The Labute approximate surface area is 124 Å². The first-order chi connectivity index (χ1) is 10.2. The van der Waals surface area contributed by atoms with Crippen LogP contribution in [0.25, 0.3) is 0 Å². The second-order valence-electron chi connectivity index (χ2n) is 5.26. The van der Waals surface area contributed by atoms with E-state index in [-0.39, 0.29) is 12.2 Å². The Balaban J connectivity index is 2.03. The Morgan fingerprint density at radius 2 is 2.09 bits per heavy atom. The molecule has 2 rings (SSSR count). The van der Waals surface area contributed by atoms with Crippen LogP contribution in [0.15, 0.2) is 18.2 Å². The molecule has 0 aromatic heterocycles. The van der Waals surface area contributed by atoms with Crippen molar-refractivity contribution in [2.75, 3.05) is 11.9 Å². The molecule has 0 aliphatic heterocycles. The highest BCUT2D eigenvalue weighted by Gasteiger charge is 2.35. The maximum Gasteiger partial charge on any atom is 0.417 e. The highest BCUT2D eigenvalue weighted by Crippen LogP contribution is 2.33. The summed E-state index contributed by atoms with van der Waals surface area (Å²) >= 11 is 0. The number of anilines is 1. The van der Waals surface area contributed by atoms with Crippen molar-refractivity contribution in [3.05, 3.63) is 29.3 Å². The summed E-state index contributed by atoms with van der Waals surface area (Å²) < 4.78 is 38.4. The van der Waals surface area contributed by atoms with Gasteiger partial charge in [0.05, 0.1) is 22.8 Å². The Hall–Kier alpha value is -2.27. The Bertz CT molecular complexity index is 619. The number of halogens is 3. The van der Waals surface area contributed by atoms with Gasteiger partial charge in [-0.15, -0.1) is 0 Å². The lowest BCUT2D eigenvalue weighted by atomic mass is 9.80. The van der Waals surface area contributed by atoms with Gasteiger partial charge in [0.15, 0.2) is 0 Å². The van der Waals surface area contributed by atoms with E-state index < -0.39 is 28.9 Å². The van der Waals surface area contributed by atoms with Gasteiger partial charge in [-0.2, -0.15) is 18.4 Å². The molecule has 0 bridgehead atoms. The number of nitrogens with one attached hydrogen (secondary N) is 2. The molecule has 1 aromatic rings. The van der Waals surface area contributed by atoms with E-state index in [2.05, 4.69) is 10.6 Å².